The molecule has 5 rings (SSSR count). The average Bonchev–Trinajstić information content (AvgIpc) is 3.60. The Morgan fingerprint density at radius 2 is 1.63 bits per heavy atom. The number of para-hydroxylation sites is 1. The number of nitrogens with zero attached hydrogens (tertiary/aromatic N) is 3. The third kappa shape index (κ3) is 4.69. The van der Waals surface area contributed by atoms with Crippen LogP contribution >= 0.6 is 0 Å². The molecule has 1 aromatic heterocycles. The van der Waals surface area contributed by atoms with E-state index in [1.165, 1.54) is 13.2 Å². The number of nitro benzene ring substituents is 1. The highest BCUT2D eigenvalue weighted by Gasteiger charge is 2.43. The van der Waals surface area contributed by atoms with E-state index in [1.807, 2.05) is 4.90 Å². The molecule has 198 valence electrons. The van der Waals surface area contributed by atoms with Crippen molar-refractivity contribution in [2.45, 2.75) is 19.3 Å². The van der Waals surface area contributed by atoms with Gasteiger partial charge in [0.1, 0.15) is 17.3 Å². The van der Waals surface area contributed by atoms with Crippen molar-refractivity contribution in [1.82, 2.24) is 9.80 Å². The lowest BCUT2D eigenvalue weighted by Gasteiger charge is -2.39. The lowest BCUT2D eigenvalue weighted by Crippen LogP contribution is -2.44. The van der Waals surface area contributed by atoms with Gasteiger partial charge < -0.3 is 23.7 Å². The molecule has 2 saturated heterocycles. The molecule has 2 fully saturated rings. The van der Waals surface area contributed by atoms with Gasteiger partial charge in [-0.25, -0.2) is 0 Å². The van der Waals surface area contributed by atoms with Gasteiger partial charge in [-0.2, -0.15) is 0 Å². The summed E-state index contributed by atoms with van der Waals surface area (Å²) >= 11 is 0. The first-order valence-electron chi connectivity index (χ1n) is 12.5. The SMILES string of the molecule is COc1ccc(OC)c(C(=O)N2CCC3(CCN(C(=O)c4ccc(-c5ccccc5[N+](=O)[O-])o4)C3)CC2)c1. The van der Waals surface area contributed by atoms with E-state index in [0.717, 1.165) is 19.3 Å². The fraction of sp³-hybridized carbons (Fsp3) is 0.357. The number of carbonyl (C=O) groups excluding carboxylic acids is 2. The van der Waals surface area contributed by atoms with Crippen LogP contribution in [0, 0.1) is 15.5 Å². The number of hydrogen-bond acceptors (Lipinski definition) is 7. The van der Waals surface area contributed by atoms with Gasteiger partial charge >= 0.3 is 0 Å². The normalized spacial score (nSPS) is 16.5. The number of piperidine rings is 1. The number of ether oxygens (including phenoxy) is 2. The second-order valence-corrected chi connectivity index (χ2v) is 9.77. The summed E-state index contributed by atoms with van der Waals surface area (Å²) in [4.78, 5) is 41.0. The van der Waals surface area contributed by atoms with Gasteiger partial charge in [0.25, 0.3) is 17.5 Å². The number of rotatable bonds is 6. The van der Waals surface area contributed by atoms with Crippen LogP contribution in [0.1, 0.15) is 40.2 Å². The third-order valence-electron chi connectivity index (χ3n) is 7.66. The van der Waals surface area contributed by atoms with Crippen molar-refractivity contribution in [1.29, 1.82) is 0 Å². The van der Waals surface area contributed by atoms with Crippen LogP contribution in [0.4, 0.5) is 5.69 Å². The maximum Gasteiger partial charge on any atom is 0.289 e. The molecular weight excluding hydrogens is 490 g/mol. The molecule has 0 atom stereocenters. The molecule has 3 heterocycles. The van der Waals surface area contributed by atoms with E-state index in [-0.39, 0.29) is 34.4 Å². The molecule has 1 spiro atoms. The van der Waals surface area contributed by atoms with Crippen LogP contribution in [0.3, 0.4) is 0 Å². The summed E-state index contributed by atoms with van der Waals surface area (Å²) in [6.45, 7) is 2.35. The Hall–Kier alpha value is -4.34. The first-order chi connectivity index (χ1) is 18.3. The van der Waals surface area contributed by atoms with Gasteiger partial charge in [-0.05, 0) is 61.1 Å². The molecular formula is C28H29N3O7. The molecule has 0 bridgehead atoms. The Morgan fingerprint density at radius 3 is 2.32 bits per heavy atom. The van der Waals surface area contributed by atoms with Crippen molar-refractivity contribution >= 4 is 17.5 Å². The number of hydrogen-bond donors (Lipinski definition) is 0. The van der Waals surface area contributed by atoms with E-state index in [0.29, 0.717) is 48.8 Å². The Labute approximate surface area is 219 Å². The first kappa shape index (κ1) is 25.3. The molecule has 0 saturated carbocycles. The average molecular weight is 520 g/mol. The molecule has 2 aromatic carbocycles. The zero-order valence-corrected chi connectivity index (χ0v) is 21.3. The predicted molar refractivity (Wildman–Crippen MR) is 138 cm³/mol. The Morgan fingerprint density at radius 1 is 0.921 bits per heavy atom. The second kappa shape index (κ2) is 10.2. The minimum absolute atomic E-state index is 0.0570. The van der Waals surface area contributed by atoms with Crippen LogP contribution < -0.4 is 9.47 Å². The highest BCUT2D eigenvalue weighted by atomic mass is 16.6. The van der Waals surface area contributed by atoms with Crippen molar-refractivity contribution in [3.63, 3.8) is 0 Å². The summed E-state index contributed by atoms with van der Waals surface area (Å²) in [6, 6.07) is 14.6. The summed E-state index contributed by atoms with van der Waals surface area (Å²) < 4.78 is 16.4. The number of likely N-dealkylation sites (tertiary alicyclic amines) is 2. The van der Waals surface area contributed by atoms with Gasteiger partial charge in [-0.15, -0.1) is 0 Å². The first-order valence-corrected chi connectivity index (χ1v) is 12.5. The van der Waals surface area contributed by atoms with E-state index in [9.17, 15) is 19.7 Å². The number of benzene rings is 2. The van der Waals surface area contributed by atoms with Crippen LogP contribution in [0.25, 0.3) is 11.3 Å². The summed E-state index contributed by atoms with van der Waals surface area (Å²) in [5, 5.41) is 11.4. The molecule has 10 nitrogen and oxygen atoms in total. The largest absolute Gasteiger partial charge is 0.497 e. The molecule has 38 heavy (non-hydrogen) atoms. The van der Waals surface area contributed by atoms with Crippen molar-refractivity contribution in [2.24, 2.45) is 5.41 Å². The molecule has 2 aliphatic heterocycles. The minimum Gasteiger partial charge on any atom is -0.497 e. The quantitative estimate of drug-likeness (QED) is 0.344. The molecule has 0 N–H and O–H groups in total. The summed E-state index contributed by atoms with van der Waals surface area (Å²) in [5.41, 5.74) is 0.671. The highest BCUT2D eigenvalue weighted by Crippen LogP contribution is 2.42. The molecule has 3 aromatic rings. The number of carbonyl (C=O) groups is 2. The Kier molecular flexibility index (Phi) is 6.79. The van der Waals surface area contributed by atoms with E-state index in [2.05, 4.69) is 0 Å². The van der Waals surface area contributed by atoms with Crippen LogP contribution in [0.2, 0.25) is 0 Å². The van der Waals surface area contributed by atoms with E-state index in [1.54, 1.807) is 60.5 Å². The molecule has 0 radical (unpaired) electrons. The van der Waals surface area contributed by atoms with Gasteiger partial charge in [0.15, 0.2) is 5.76 Å². The number of furan rings is 1. The summed E-state index contributed by atoms with van der Waals surface area (Å²) in [5.74, 6) is 1.22. The molecule has 10 heteroatoms. The summed E-state index contributed by atoms with van der Waals surface area (Å²) in [7, 11) is 3.10. The molecule has 2 aliphatic rings. The van der Waals surface area contributed by atoms with E-state index < -0.39 is 4.92 Å². The lowest BCUT2D eigenvalue weighted by atomic mass is 9.77. The van der Waals surface area contributed by atoms with E-state index >= 15 is 0 Å². The van der Waals surface area contributed by atoms with Gasteiger partial charge in [-0.3, -0.25) is 19.7 Å². The topological polar surface area (TPSA) is 115 Å². The fourth-order valence-corrected chi connectivity index (χ4v) is 5.45. The predicted octanol–water partition coefficient (Wildman–Crippen LogP) is 4.64. The van der Waals surface area contributed by atoms with Gasteiger partial charge in [0.05, 0.1) is 30.3 Å². The standard InChI is InChI=1S/C28H29N3O7/c1-36-19-7-8-23(37-2)21(17-19)26(32)29-14-11-28(12-15-29)13-16-30(18-28)27(33)25-10-9-24(38-25)20-5-3-4-6-22(20)31(34)35/h3-10,17H,11-16,18H2,1-2H3. The van der Waals surface area contributed by atoms with Crippen LogP contribution in [0.5, 0.6) is 11.5 Å². The fourth-order valence-electron chi connectivity index (χ4n) is 5.45. The lowest BCUT2D eigenvalue weighted by molar-refractivity contribution is -0.384. The van der Waals surface area contributed by atoms with E-state index in [4.69, 9.17) is 13.9 Å². The van der Waals surface area contributed by atoms with Gasteiger partial charge in [0.2, 0.25) is 0 Å². The molecule has 0 aliphatic carbocycles. The molecule has 0 unspecified atom stereocenters. The maximum atomic E-state index is 13.3. The van der Waals surface area contributed by atoms with Gasteiger partial charge in [-0.1, -0.05) is 12.1 Å². The van der Waals surface area contributed by atoms with Crippen LogP contribution in [-0.4, -0.2) is 66.9 Å². The Bertz CT molecular complexity index is 1370. The maximum absolute atomic E-state index is 13.3. The minimum atomic E-state index is -0.467. The number of methoxy groups -OCH3 is 2. The third-order valence-corrected chi connectivity index (χ3v) is 7.66. The van der Waals surface area contributed by atoms with Crippen molar-refractivity contribution in [3.05, 3.63) is 76.0 Å². The smallest absolute Gasteiger partial charge is 0.289 e. The highest BCUT2D eigenvalue weighted by molar-refractivity contribution is 5.97. The molecule has 2 amide bonds. The zero-order chi connectivity index (χ0) is 26.9. The summed E-state index contributed by atoms with van der Waals surface area (Å²) in [6.07, 6.45) is 2.42. The van der Waals surface area contributed by atoms with Crippen molar-refractivity contribution < 1.29 is 28.4 Å². The van der Waals surface area contributed by atoms with Crippen LogP contribution in [0.15, 0.2) is 59.0 Å². The number of amides is 2. The van der Waals surface area contributed by atoms with Crippen molar-refractivity contribution in [3.8, 4) is 22.8 Å². The second-order valence-electron chi connectivity index (χ2n) is 9.77. The van der Waals surface area contributed by atoms with Gasteiger partial charge in [0, 0.05) is 32.2 Å². The Balaban J connectivity index is 1.24. The van der Waals surface area contributed by atoms with Crippen LogP contribution in [-0.2, 0) is 0 Å². The number of nitro groups is 1. The zero-order valence-electron chi connectivity index (χ0n) is 21.3. The van der Waals surface area contributed by atoms with Crippen molar-refractivity contribution in [2.75, 3.05) is 40.4 Å². The monoisotopic (exact) mass is 519 g/mol.